The van der Waals surface area contributed by atoms with Crippen LogP contribution in [0.5, 0.6) is 5.75 Å². The molecule has 1 aliphatic rings. The first-order chi connectivity index (χ1) is 10.5. The SMILES string of the molecule is CC(C)c1ccccc1OC[C@@H](O)C[NH+]1C[C@H](C)O[C@@H](C)C1. The molecule has 1 aliphatic heterocycles. The molecule has 0 aromatic heterocycles. The minimum absolute atomic E-state index is 0.258. The van der Waals surface area contributed by atoms with Gasteiger partial charge in [-0.3, -0.25) is 0 Å². The van der Waals surface area contributed by atoms with E-state index in [1.165, 1.54) is 10.5 Å². The lowest BCUT2D eigenvalue weighted by Crippen LogP contribution is -3.16. The molecule has 124 valence electrons. The fourth-order valence-electron chi connectivity index (χ4n) is 3.22. The van der Waals surface area contributed by atoms with Gasteiger partial charge in [-0.15, -0.1) is 0 Å². The molecular weight excluding hydrogens is 278 g/mol. The van der Waals surface area contributed by atoms with Gasteiger partial charge in [0.05, 0.1) is 0 Å². The quantitative estimate of drug-likeness (QED) is 0.831. The highest BCUT2D eigenvalue weighted by atomic mass is 16.5. The topological polar surface area (TPSA) is 43.1 Å². The average Bonchev–Trinajstić information content (AvgIpc) is 2.44. The molecule has 4 nitrogen and oxygen atoms in total. The summed E-state index contributed by atoms with van der Waals surface area (Å²) in [6, 6.07) is 8.07. The maximum Gasteiger partial charge on any atom is 0.137 e. The molecule has 1 fully saturated rings. The van der Waals surface area contributed by atoms with E-state index < -0.39 is 6.10 Å². The van der Waals surface area contributed by atoms with Gasteiger partial charge in [0.1, 0.15) is 50.3 Å². The number of rotatable bonds is 6. The first-order valence-corrected chi connectivity index (χ1v) is 8.34. The summed E-state index contributed by atoms with van der Waals surface area (Å²) in [7, 11) is 0. The van der Waals surface area contributed by atoms with E-state index in [1.54, 1.807) is 0 Å². The summed E-state index contributed by atoms with van der Waals surface area (Å²) in [6.45, 7) is 11.4. The Balaban J connectivity index is 1.84. The molecule has 1 aromatic rings. The van der Waals surface area contributed by atoms with Crippen molar-refractivity contribution in [3.05, 3.63) is 29.8 Å². The standard InChI is InChI=1S/C18H29NO3/c1-13(2)17-7-5-6-8-18(17)21-12-16(20)11-19-9-14(3)22-15(4)10-19/h5-8,13-16,20H,9-12H2,1-4H3/p+1/t14-,15-,16-/m0/s1. The molecule has 4 heteroatoms. The van der Waals surface area contributed by atoms with E-state index in [9.17, 15) is 5.11 Å². The molecule has 0 saturated carbocycles. The number of aliphatic hydroxyl groups is 1. The van der Waals surface area contributed by atoms with Gasteiger partial charge in [0, 0.05) is 0 Å². The van der Waals surface area contributed by atoms with Crippen molar-refractivity contribution in [3.8, 4) is 5.75 Å². The number of benzene rings is 1. The summed E-state index contributed by atoms with van der Waals surface area (Å²) < 4.78 is 11.6. The molecule has 0 bridgehead atoms. The van der Waals surface area contributed by atoms with Crippen molar-refractivity contribution in [2.75, 3.05) is 26.2 Å². The third kappa shape index (κ3) is 4.97. The summed E-state index contributed by atoms with van der Waals surface area (Å²) in [6.07, 6.45) is 0.0646. The van der Waals surface area contributed by atoms with E-state index in [-0.39, 0.29) is 12.2 Å². The molecule has 2 rings (SSSR count). The summed E-state index contributed by atoms with van der Waals surface area (Å²) in [4.78, 5) is 1.39. The molecule has 3 atom stereocenters. The van der Waals surface area contributed by atoms with Gasteiger partial charge in [-0.05, 0) is 31.4 Å². The lowest BCUT2D eigenvalue weighted by Gasteiger charge is -2.33. The average molecular weight is 308 g/mol. The van der Waals surface area contributed by atoms with Gasteiger partial charge >= 0.3 is 0 Å². The van der Waals surface area contributed by atoms with Crippen LogP contribution in [0, 0.1) is 0 Å². The number of hydrogen-bond donors (Lipinski definition) is 2. The third-order valence-electron chi connectivity index (χ3n) is 4.11. The number of quaternary nitrogens is 1. The monoisotopic (exact) mass is 308 g/mol. The van der Waals surface area contributed by atoms with Crippen LogP contribution in [0.2, 0.25) is 0 Å². The van der Waals surface area contributed by atoms with Crippen molar-refractivity contribution in [1.82, 2.24) is 0 Å². The number of nitrogens with one attached hydrogen (secondary N) is 1. The second-order valence-corrected chi connectivity index (χ2v) is 6.78. The van der Waals surface area contributed by atoms with Crippen molar-refractivity contribution in [2.45, 2.75) is 51.9 Å². The predicted octanol–water partition coefficient (Wildman–Crippen LogP) is 1.24. The van der Waals surface area contributed by atoms with Crippen molar-refractivity contribution in [1.29, 1.82) is 0 Å². The Labute approximate surface area is 134 Å². The number of para-hydroxylation sites is 1. The molecule has 22 heavy (non-hydrogen) atoms. The van der Waals surface area contributed by atoms with Gasteiger partial charge in [-0.25, -0.2) is 0 Å². The van der Waals surface area contributed by atoms with E-state index in [2.05, 4.69) is 33.8 Å². The first-order valence-electron chi connectivity index (χ1n) is 8.34. The van der Waals surface area contributed by atoms with Crippen LogP contribution in [-0.4, -0.2) is 49.7 Å². The second kappa shape index (κ2) is 7.95. The highest BCUT2D eigenvalue weighted by molar-refractivity contribution is 5.35. The first kappa shape index (κ1) is 17.3. The molecule has 1 aromatic carbocycles. The van der Waals surface area contributed by atoms with Crippen LogP contribution in [0.25, 0.3) is 0 Å². The zero-order valence-electron chi connectivity index (χ0n) is 14.2. The number of aliphatic hydroxyl groups excluding tert-OH is 1. The fraction of sp³-hybridized carbons (Fsp3) is 0.667. The maximum absolute atomic E-state index is 10.3. The Morgan fingerprint density at radius 2 is 1.86 bits per heavy atom. The Morgan fingerprint density at radius 1 is 1.23 bits per heavy atom. The Kier molecular flexibility index (Phi) is 6.24. The number of hydrogen-bond acceptors (Lipinski definition) is 3. The minimum Gasteiger partial charge on any atom is -0.490 e. The van der Waals surface area contributed by atoms with Crippen molar-refractivity contribution < 1.29 is 19.5 Å². The smallest absolute Gasteiger partial charge is 0.137 e. The van der Waals surface area contributed by atoms with Gasteiger partial charge in [0.15, 0.2) is 0 Å². The lowest BCUT2D eigenvalue weighted by atomic mass is 10.0. The van der Waals surface area contributed by atoms with E-state index in [0.29, 0.717) is 19.1 Å². The van der Waals surface area contributed by atoms with E-state index in [0.717, 1.165) is 18.8 Å². The van der Waals surface area contributed by atoms with Gasteiger partial charge in [0.2, 0.25) is 0 Å². The molecule has 0 spiro atoms. The number of morpholine rings is 1. The molecule has 0 aliphatic carbocycles. The van der Waals surface area contributed by atoms with E-state index >= 15 is 0 Å². The zero-order chi connectivity index (χ0) is 16.1. The largest absolute Gasteiger partial charge is 0.490 e. The van der Waals surface area contributed by atoms with Crippen LogP contribution < -0.4 is 9.64 Å². The summed E-state index contributed by atoms with van der Waals surface area (Å²) >= 11 is 0. The molecule has 0 amide bonds. The van der Waals surface area contributed by atoms with Crippen molar-refractivity contribution >= 4 is 0 Å². The second-order valence-electron chi connectivity index (χ2n) is 6.78. The van der Waals surface area contributed by atoms with Crippen LogP contribution in [0.4, 0.5) is 0 Å². The van der Waals surface area contributed by atoms with Crippen LogP contribution in [0.15, 0.2) is 24.3 Å². The molecule has 0 unspecified atom stereocenters. The maximum atomic E-state index is 10.3. The van der Waals surface area contributed by atoms with Gasteiger partial charge in [-0.2, -0.15) is 0 Å². The van der Waals surface area contributed by atoms with Crippen LogP contribution in [0.1, 0.15) is 39.2 Å². The minimum atomic E-state index is -0.451. The Bertz CT molecular complexity index is 453. The van der Waals surface area contributed by atoms with Gasteiger partial charge in [0.25, 0.3) is 0 Å². The van der Waals surface area contributed by atoms with Gasteiger partial charge in [-0.1, -0.05) is 32.0 Å². The summed E-state index contributed by atoms with van der Waals surface area (Å²) in [5.74, 6) is 1.30. The fourth-order valence-corrected chi connectivity index (χ4v) is 3.22. The molecule has 1 heterocycles. The summed E-state index contributed by atoms with van der Waals surface area (Å²) in [5, 5.41) is 10.3. The number of ether oxygens (including phenoxy) is 2. The van der Waals surface area contributed by atoms with Crippen molar-refractivity contribution in [2.24, 2.45) is 0 Å². The Morgan fingerprint density at radius 3 is 2.50 bits per heavy atom. The third-order valence-corrected chi connectivity index (χ3v) is 4.11. The van der Waals surface area contributed by atoms with E-state index in [4.69, 9.17) is 9.47 Å². The molecule has 2 N–H and O–H groups in total. The molecule has 0 radical (unpaired) electrons. The zero-order valence-corrected chi connectivity index (χ0v) is 14.2. The highest BCUT2D eigenvalue weighted by Crippen LogP contribution is 2.25. The van der Waals surface area contributed by atoms with Crippen LogP contribution in [0.3, 0.4) is 0 Å². The van der Waals surface area contributed by atoms with Crippen LogP contribution in [-0.2, 0) is 4.74 Å². The highest BCUT2D eigenvalue weighted by Gasteiger charge is 2.27. The van der Waals surface area contributed by atoms with Crippen molar-refractivity contribution in [3.63, 3.8) is 0 Å². The molecular formula is C18H30NO3+. The lowest BCUT2D eigenvalue weighted by molar-refractivity contribution is -0.918. The molecule has 1 saturated heterocycles. The van der Waals surface area contributed by atoms with E-state index in [1.807, 2.05) is 18.2 Å². The Hall–Kier alpha value is -1.10. The van der Waals surface area contributed by atoms with Crippen LogP contribution >= 0.6 is 0 Å². The summed E-state index contributed by atoms with van der Waals surface area (Å²) in [5.41, 5.74) is 1.19. The normalized spacial score (nSPS) is 26.9. The predicted molar refractivity (Wildman–Crippen MR) is 87.6 cm³/mol. The van der Waals surface area contributed by atoms with Gasteiger partial charge < -0.3 is 19.5 Å².